The summed E-state index contributed by atoms with van der Waals surface area (Å²) in [6.07, 6.45) is 1.83. The van der Waals surface area contributed by atoms with E-state index in [-0.39, 0.29) is 5.69 Å². The lowest BCUT2D eigenvalue weighted by Crippen LogP contribution is -1.99. The van der Waals surface area contributed by atoms with Crippen LogP contribution in [0, 0.1) is 10.1 Å². The summed E-state index contributed by atoms with van der Waals surface area (Å²) in [7, 11) is 1.91. The molecule has 0 aliphatic rings. The lowest BCUT2D eigenvalue weighted by molar-refractivity contribution is -0.384. The molecule has 106 valence electrons. The molecule has 6 nitrogen and oxygen atoms in total. The molecule has 3 rings (SSSR count). The molecule has 2 aromatic carbocycles. The van der Waals surface area contributed by atoms with Gasteiger partial charge in [-0.05, 0) is 23.8 Å². The normalized spacial score (nSPS) is 10.7. The van der Waals surface area contributed by atoms with Crippen LogP contribution < -0.4 is 5.32 Å². The minimum atomic E-state index is -0.395. The number of fused-ring (bicyclic) bond motifs is 1. The highest BCUT2D eigenvalue weighted by Gasteiger charge is 2.04. The van der Waals surface area contributed by atoms with Crippen molar-refractivity contribution >= 4 is 22.3 Å². The molecule has 3 aromatic rings. The fraction of sp³-hybridized carbons (Fsp3) is 0.133. The van der Waals surface area contributed by atoms with Crippen molar-refractivity contribution in [2.24, 2.45) is 7.05 Å². The fourth-order valence-corrected chi connectivity index (χ4v) is 2.21. The van der Waals surface area contributed by atoms with Crippen LogP contribution in [0.5, 0.6) is 0 Å². The lowest BCUT2D eigenvalue weighted by Gasteiger charge is -2.07. The molecule has 0 radical (unpaired) electrons. The third-order valence-electron chi connectivity index (χ3n) is 3.39. The van der Waals surface area contributed by atoms with Gasteiger partial charge >= 0.3 is 0 Å². The summed E-state index contributed by atoms with van der Waals surface area (Å²) in [5, 5.41) is 19.2. The molecule has 1 N–H and O–H groups in total. The number of nitrogens with one attached hydrogen (secondary N) is 1. The molecular weight excluding hydrogens is 268 g/mol. The molecule has 0 fully saturated rings. The first kappa shape index (κ1) is 13.1. The van der Waals surface area contributed by atoms with Crippen molar-refractivity contribution in [2.75, 3.05) is 5.32 Å². The average Bonchev–Trinajstić information content (AvgIpc) is 2.86. The second-order valence-corrected chi connectivity index (χ2v) is 4.82. The van der Waals surface area contributed by atoms with Gasteiger partial charge in [0, 0.05) is 36.8 Å². The van der Waals surface area contributed by atoms with E-state index >= 15 is 0 Å². The topological polar surface area (TPSA) is 73.0 Å². The van der Waals surface area contributed by atoms with E-state index in [2.05, 4.69) is 10.4 Å². The molecule has 6 heteroatoms. The van der Waals surface area contributed by atoms with Crippen LogP contribution >= 0.6 is 0 Å². The van der Waals surface area contributed by atoms with E-state index in [9.17, 15) is 10.1 Å². The Morgan fingerprint density at radius 1 is 1.24 bits per heavy atom. The summed E-state index contributed by atoms with van der Waals surface area (Å²) in [6.45, 7) is 0.615. The third kappa shape index (κ3) is 2.69. The van der Waals surface area contributed by atoms with Crippen molar-refractivity contribution < 1.29 is 4.92 Å². The fourth-order valence-electron chi connectivity index (χ4n) is 2.21. The zero-order valence-corrected chi connectivity index (χ0v) is 11.5. The van der Waals surface area contributed by atoms with Crippen molar-refractivity contribution in [1.82, 2.24) is 9.78 Å². The first-order valence-corrected chi connectivity index (χ1v) is 6.52. The summed E-state index contributed by atoms with van der Waals surface area (Å²) in [5.74, 6) is 0. The van der Waals surface area contributed by atoms with Gasteiger partial charge in [-0.3, -0.25) is 14.8 Å². The maximum absolute atomic E-state index is 10.6. The Morgan fingerprint density at radius 3 is 2.71 bits per heavy atom. The summed E-state index contributed by atoms with van der Waals surface area (Å²) < 4.78 is 1.83. The number of aromatic nitrogens is 2. The highest BCUT2D eigenvalue weighted by atomic mass is 16.6. The number of hydrogen-bond donors (Lipinski definition) is 1. The van der Waals surface area contributed by atoms with Gasteiger partial charge in [-0.25, -0.2) is 0 Å². The van der Waals surface area contributed by atoms with Crippen LogP contribution in [0.15, 0.2) is 48.7 Å². The maximum atomic E-state index is 10.6. The first-order chi connectivity index (χ1) is 10.1. The highest BCUT2D eigenvalue weighted by molar-refractivity contribution is 5.82. The van der Waals surface area contributed by atoms with Crippen LogP contribution in [-0.2, 0) is 13.6 Å². The molecule has 0 aliphatic carbocycles. The van der Waals surface area contributed by atoms with Crippen molar-refractivity contribution in [3.8, 4) is 0 Å². The van der Waals surface area contributed by atoms with Gasteiger partial charge in [0.25, 0.3) is 5.69 Å². The molecule has 0 atom stereocenters. The molecule has 0 bridgehead atoms. The van der Waals surface area contributed by atoms with E-state index in [0.717, 1.165) is 22.2 Å². The number of nitro benzene ring substituents is 1. The molecule has 0 unspecified atom stereocenters. The second kappa shape index (κ2) is 5.24. The van der Waals surface area contributed by atoms with Gasteiger partial charge in [-0.1, -0.05) is 12.1 Å². The summed E-state index contributed by atoms with van der Waals surface area (Å²) in [5.41, 5.74) is 3.17. The highest BCUT2D eigenvalue weighted by Crippen LogP contribution is 2.19. The monoisotopic (exact) mass is 282 g/mol. The molecule has 21 heavy (non-hydrogen) atoms. The molecule has 0 saturated carbocycles. The minimum absolute atomic E-state index is 0.107. The Kier molecular flexibility index (Phi) is 3.27. The molecule has 0 amide bonds. The molecule has 1 heterocycles. The van der Waals surface area contributed by atoms with Crippen LogP contribution in [-0.4, -0.2) is 14.7 Å². The van der Waals surface area contributed by atoms with Gasteiger partial charge in [-0.2, -0.15) is 5.10 Å². The van der Waals surface area contributed by atoms with Gasteiger partial charge in [0.15, 0.2) is 0 Å². The number of non-ortho nitro benzene ring substituents is 1. The van der Waals surface area contributed by atoms with Crippen molar-refractivity contribution in [2.45, 2.75) is 6.54 Å². The largest absolute Gasteiger partial charge is 0.381 e. The molecular formula is C15H14N4O2. The SMILES string of the molecule is Cn1ncc2cc(NCc3ccc([N+](=O)[O-])cc3)ccc21. The number of rotatable bonds is 4. The molecule has 0 spiro atoms. The van der Waals surface area contributed by atoms with Crippen molar-refractivity contribution in [3.05, 3.63) is 64.3 Å². The zero-order valence-electron chi connectivity index (χ0n) is 11.5. The van der Waals surface area contributed by atoms with E-state index in [0.29, 0.717) is 6.54 Å². The van der Waals surface area contributed by atoms with Crippen LogP contribution in [0.2, 0.25) is 0 Å². The summed E-state index contributed by atoms with van der Waals surface area (Å²) >= 11 is 0. The predicted molar refractivity (Wildman–Crippen MR) is 81.1 cm³/mol. The smallest absolute Gasteiger partial charge is 0.269 e. The van der Waals surface area contributed by atoms with Gasteiger partial charge in [0.1, 0.15) is 0 Å². The Balaban J connectivity index is 1.72. The van der Waals surface area contributed by atoms with Gasteiger partial charge in [0.2, 0.25) is 0 Å². The Hall–Kier alpha value is -2.89. The predicted octanol–water partition coefficient (Wildman–Crippen LogP) is 3.09. The van der Waals surface area contributed by atoms with E-state index in [4.69, 9.17) is 0 Å². The van der Waals surface area contributed by atoms with Crippen LogP contribution in [0.3, 0.4) is 0 Å². The minimum Gasteiger partial charge on any atom is -0.381 e. The number of hydrogen-bond acceptors (Lipinski definition) is 4. The Labute approximate surface area is 121 Å². The van der Waals surface area contributed by atoms with E-state index < -0.39 is 4.92 Å². The van der Waals surface area contributed by atoms with E-state index in [1.807, 2.05) is 36.1 Å². The van der Waals surface area contributed by atoms with Crippen molar-refractivity contribution in [1.29, 1.82) is 0 Å². The van der Waals surface area contributed by atoms with Gasteiger partial charge in [-0.15, -0.1) is 0 Å². The van der Waals surface area contributed by atoms with Gasteiger partial charge < -0.3 is 5.32 Å². The molecule has 1 aromatic heterocycles. The lowest BCUT2D eigenvalue weighted by atomic mass is 10.2. The first-order valence-electron chi connectivity index (χ1n) is 6.52. The Morgan fingerprint density at radius 2 is 2.00 bits per heavy atom. The van der Waals surface area contributed by atoms with E-state index in [1.54, 1.807) is 12.1 Å². The number of anilines is 1. The third-order valence-corrected chi connectivity index (χ3v) is 3.39. The standard InChI is InChI=1S/C15H14N4O2/c1-18-15-7-4-13(8-12(15)10-17-18)16-9-11-2-5-14(6-3-11)19(20)21/h2-8,10,16H,9H2,1H3. The number of benzene rings is 2. The molecule has 0 aliphatic heterocycles. The van der Waals surface area contributed by atoms with E-state index in [1.165, 1.54) is 12.1 Å². The molecule has 0 saturated heterocycles. The van der Waals surface area contributed by atoms with Crippen LogP contribution in [0.4, 0.5) is 11.4 Å². The quantitative estimate of drug-likeness (QED) is 0.589. The number of aryl methyl sites for hydroxylation is 1. The van der Waals surface area contributed by atoms with Crippen LogP contribution in [0.25, 0.3) is 10.9 Å². The van der Waals surface area contributed by atoms with Crippen molar-refractivity contribution in [3.63, 3.8) is 0 Å². The average molecular weight is 282 g/mol. The zero-order chi connectivity index (χ0) is 14.8. The Bertz CT molecular complexity index is 793. The summed E-state index contributed by atoms with van der Waals surface area (Å²) in [4.78, 5) is 10.2. The van der Waals surface area contributed by atoms with Gasteiger partial charge in [0.05, 0.1) is 16.6 Å². The number of nitro groups is 1. The maximum Gasteiger partial charge on any atom is 0.269 e. The van der Waals surface area contributed by atoms with Crippen LogP contribution in [0.1, 0.15) is 5.56 Å². The number of nitrogens with zero attached hydrogens (tertiary/aromatic N) is 3. The second-order valence-electron chi connectivity index (χ2n) is 4.82. The summed E-state index contributed by atoms with van der Waals surface area (Å²) in [6, 6.07) is 12.6.